The number of hydrogen-bond donors (Lipinski definition) is 0. The molecule has 7 nitrogen and oxygen atoms in total. The number of hydrogen-bond acceptors (Lipinski definition) is 4. The van der Waals surface area contributed by atoms with Crippen molar-refractivity contribution >= 4 is 17.8 Å². The molecule has 3 heterocycles. The highest BCUT2D eigenvalue weighted by Crippen LogP contribution is 2.39. The van der Waals surface area contributed by atoms with Gasteiger partial charge < -0.3 is 9.30 Å². The monoisotopic (exact) mass is 366 g/mol. The van der Waals surface area contributed by atoms with E-state index in [0.29, 0.717) is 19.0 Å². The Hall–Kier alpha value is -2.83. The maximum absolute atomic E-state index is 13.1. The van der Waals surface area contributed by atoms with Gasteiger partial charge in [-0.1, -0.05) is 26.0 Å². The number of nitrogens with zero attached hydrogens (tertiary/aromatic N) is 4. The Bertz CT molecular complexity index is 931. The Balaban J connectivity index is 1.60. The summed E-state index contributed by atoms with van der Waals surface area (Å²) in [6.07, 6.45) is 3.68. The highest BCUT2D eigenvalue weighted by molar-refractivity contribution is 6.14. The lowest BCUT2D eigenvalue weighted by atomic mass is 10.0. The second-order valence-electron chi connectivity index (χ2n) is 7.74. The summed E-state index contributed by atoms with van der Waals surface area (Å²) in [6.45, 7) is 5.13. The van der Waals surface area contributed by atoms with Gasteiger partial charge in [-0.2, -0.15) is 0 Å². The van der Waals surface area contributed by atoms with Crippen molar-refractivity contribution in [2.24, 2.45) is 5.92 Å². The van der Waals surface area contributed by atoms with Gasteiger partial charge in [0.15, 0.2) is 5.82 Å². The molecular weight excluding hydrogens is 344 g/mol. The molecule has 3 amide bonds. The van der Waals surface area contributed by atoms with E-state index < -0.39 is 6.04 Å². The number of fused-ring (bicyclic) bond motifs is 3. The Morgan fingerprint density at radius 3 is 2.67 bits per heavy atom. The van der Waals surface area contributed by atoms with Crippen molar-refractivity contribution in [3.8, 4) is 17.1 Å². The number of ether oxygens (including phenoxy) is 1. The minimum absolute atomic E-state index is 0.0160. The van der Waals surface area contributed by atoms with Crippen LogP contribution in [0.5, 0.6) is 5.75 Å². The number of imide groups is 1. The molecule has 2 aliphatic heterocycles. The van der Waals surface area contributed by atoms with Gasteiger partial charge in [0.1, 0.15) is 24.2 Å². The maximum atomic E-state index is 13.1. The van der Waals surface area contributed by atoms with E-state index in [1.165, 1.54) is 4.90 Å². The zero-order valence-corrected chi connectivity index (χ0v) is 15.5. The van der Waals surface area contributed by atoms with Crippen LogP contribution in [0.2, 0.25) is 0 Å². The van der Waals surface area contributed by atoms with Crippen molar-refractivity contribution in [1.82, 2.24) is 14.5 Å². The molecular formula is C20H22N4O3. The summed E-state index contributed by atoms with van der Waals surface area (Å²) in [5, 5.41) is 0. The summed E-state index contributed by atoms with van der Waals surface area (Å²) >= 11 is 0. The number of para-hydroxylation sites is 1. The molecule has 1 aromatic carbocycles. The molecule has 140 valence electrons. The number of amides is 3. The minimum atomic E-state index is -0.497. The van der Waals surface area contributed by atoms with Crippen LogP contribution in [0.25, 0.3) is 11.4 Å². The number of carbonyl (C=O) groups is 2. The van der Waals surface area contributed by atoms with Crippen LogP contribution in [0.1, 0.15) is 26.7 Å². The first kappa shape index (κ1) is 16.4. The lowest BCUT2D eigenvalue weighted by Crippen LogP contribution is -2.39. The molecule has 5 rings (SSSR count). The first-order valence-electron chi connectivity index (χ1n) is 9.52. The summed E-state index contributed by atoms with van der Waals surface area (Å²) in [6, 6.07) is 7.10. The standard InChI is InChI=1S/C20H22N4O3/c1-12(2)17-19(25)23(13-7-8-13)20(26)24(17)16-11-22-9-10-27-15-6-4-3-5-14(15)18(22)21-16/h3-6,11-13,17H,7-10H2,1-2H3/t17-/m1/s1. The molecule has 3 aliphatic rings. The SMILES string of the molecule is CC(C)[C@@H]1C(=O)N(C2CC2)C(=O)N1c1cn2c(n1)-c1ccccc1OCC2. The Morgan fingerprint density at radius 1 is 1.15 bits per heavy atom. The molecule has 0 unspecified atom stereocenters. The van der Waals surface area contributed by atoms with Gasteiger partial charge in [-0.3, -0.25) is 14.6 Å². The third-order valence-corrected chi connectivity index (χ3v) is 5.45. The number of carbonyl (C=O) groups excluding carboxylic acids is 2. The van der Waals surface area contributed by atoms with Gasteiger partial charge in [0.2, 0.25) is 0 Å². The van der Waals surface area contributed by atoms with Crippen LogP contribution in [0.3, 0.4) is 0 Å². The largest absolute Gasteiger partial charge is 0.491 e. The molecule has 1 saturated carbocycles. The van der Waals surface area contributed by atoms with Gasteiger partial charge in [0.05, 0.1) is 12.1 Å². The van der Waals surface area contributed by atoms with E-state index >= 15 is 0 Å². The van der Waals surface area contributed by atoms with E-state index in [2.05, 4.69) is 0 Å². The fraction of sp³-hybridized carbons (Fsp3) is 0.450. The first-order chi connectivity index (χ1) is 13.1. The van der Waals surface area contributed by atoms with E-state index in [0.717, 1.165) is 30.0 Å². The minimum Gasteiger partial charge on any atom is -0.491 e. The molecule has 0 bridgehead atoms. The topological polar surface area (TPSA) is 67.7 Å². The van der Waals surface area contributed by atoms with Crippen LogP contribution >= 0.6 is 0 Å². The number of rotatable bonds is 3. The summed E-state index contributed by atoms with van der Waals surface area (Å²) in [7, 11) is 0. The molecule has 0 N–H and O–H groups in total. The van der Waals surface area contributed by atoms with Crippen molar-refractivity contribution in [2.75, 3.05) is 11.5 Å². The fourth-order valence-corrected chi connectivity index (χ4v) is 4.01. The van der Waals surface area contributed by atoms with Crippen LogP contribution < -0.4 is 9.64 Å². The van der Waals surface area contributed by atoms with Crippen molar-refractivity contribution in [3.63, 3.8) is 0 Å². The van der Waals surface area contributed by atoms with Gasteiger partial charge in [-0.05, 0) is 30.9 Å². The third kappa shape index (κ3) is 2.44. The number of benzene rings is 1. The molecule has 2 fully saturated rings. The quantitative estimate of drug-likeness (QED) is 0.784. The summed E-state index contributed by atoms with van der Waals surface area (Å²) in [5.41, 5.74) is 0.902. The first-order valence-corrected chi connectivity index (χ1v) is 9.52. The number of urea groups is 1. The van der Waals surface area contributed by atoms with E-state index in [4.69, 9.17) is 9.72 Å². The van der Waals surface area contributed by atoms with Gasteiger partial charge in [0.25, 0.3) is 5.91 Å². The van der Waals surface area contributed by atoms with Crippen LogP contribution in [-0.4, -0.2) is 45.1 Å². The van der Waals surface area contributed by atoms with Crippen molar-refractivity contribution < 1.29 is 14.3 Å². The highest BCUT2D eigenvalue weighted by Gasteiger charge is 2.53. The van der Waals surface area contributed by atoms with Crippen molar-refractivity contribution in [2.45, 2.75) is 45.3 Å². The smallest absolute Gasteiger partial charge is 0.333 e. The van der Waals surface area contributed by atoms with Gasteiger partial charge in [-0.25, -0.2) is 9.78 Å². The maximum Gasteiger partial charge on any atom is 0.333 e. The predicted molar refractivity (Wildman–Crippen MR) is 99.5 cm³/mol. The van der Waals surface area contributed by atoms with Gasteiger partial charge in [0, 0.05) is 12.2 Å². The molecule has 27 heavy (non-hydrogen) atoms. The van der Waals surface area contributed by atoms with E-state index in [-0.39, 0.29) is 23.9 Å². The van der Waals surface area contributed by atoms with Crippen LogP contribution in [0, 0.1) is 5.92 Å². The molecule has 1 atom stereocenters. The van der Waals surface area contributed by atoms with Crippen molar-refractivity contribution in [1.29, 1.82) is 0 Å². The van der Waals surface area contributed by atoms with Crippen LogP contribution in [-0.2, 0) is 11.3 Å². The van der Waals surface area contributed by atoms with E-state index in [1.807, 2.05) is 48.9 Å². The van der Waals surface area contributed by atoms with E-state index in [1.54, 1.807) is 4.90 Å². The molecule has 2 aromatic rings. The lowest BCUT2D eigenvalue weighted by Gasteiger charge is -2.22. The number of aromatic nitrogens is 2. The second-order valence-corrected chi connectivity index (χ2v) is 7.74. The Kier molecular flexibility index (Phi) is 3.54. The number of anilines is 1. The molecule has 7 heteroatoms. The van der Waals surface area contributed by atoms with Gasteiger partial charge >= 0.3 is 6.03 Å². The molecule has 1 saturated heterocycles. The fourth-order valence-electron chi connectivity index (χ4n) is 4.01. The zero-order valence-electron chi connectivity index (χ0n) is 15.5. The molecule has 1 aliphatic carbocycles. The Morgan fingerprint density at radius 2 is 1.93 bits per heavy atom. The van der Waals surface area contributed by atoms with Crippen molar-refractivity contribution in [3.05, 3.63) is 30.5 Å². The summed E-state index contributed by atoms with van der Waals surface area (Å²) < 4.78 is 7.82. The third-order valence-electron chi connectivity index (χ3n) is 5.45. The molecule has 1 aromatic heterocycles. The average molecular weight is 366 g/mol. The lowest BCUT2D eigenvalue weighted by molar-refractivity contribution is -0.128. The zero-order chi connectivity index (χ0) is 18.7. The van der Waals surface area contributed by atoms with Crippen LogP contribution in [0.15, 0.2) is 30.5 Å². The highest BCUT2D eigenvalue weighted by atomic mass is 16.5. The molecule has 0 spiro atoms. The average Bonchev–Trinajstić information content (AvgIpc) is 3.36. The second kappa shape index (κ2) is 5.84. The number of imidazole rings is 1. The normalized spacial score (nSPS) is 22.0. The van der Waals surface area contributed by atoms with E-state index in [9.17, 15) is 9.59 Å². The Labute approximate surface area is 157 Å². The van der Waals surface area contributed by atoms with Gasteiger partial charge in [-0.15, -0.1) is 0 Å². The molecule has 0 radical (unpaired) electrons. The van der Waals surface area contributed by atoms with Crippen LogP contribution in [0.4, 0.5) is 10.6 Å². The predicted octanol–water partition coefficient (Wildman–Crippen LogP) is 2.90. The summed E-state index contributed by atoms with van der Waals surface area (Å²) in [5.74, 6) is 2.02. The summed E-state index contributed by atoms with van der Waals surface area (Å²) in [4.78, 5) is 33.8.